The van der Waals surface area contributed by atoms with Crippen molar-refractivity contribution in [2.75, 3.05) is 0 Å². The fraction of sp³-hybridized carbons (Fsp3) is 0.133. The van der Waals surface area contributed by atoms with E-state index >= 15 is 0 Å². The van der Waals surface area contributed by atoms with E-state index in [-0.39, 0.29) is 0 Å². The molecule has 0 spiro atoms. The van der Waals surface area contributed by atoms with Crippen molar-refractivity contribution in [3.63, 3.8) is 0 Å². The molecule has 4 heteroatoms. The highest BCUT2D eigenvalue weighted by Crippen LogP contribution is 2.25. The number of rotatable bonds is 5. The van der Waals surface area contributed by atoms with Gasteiger partial charge in [-0.3, -0.25) is 0 Å². The summed E-state index contributed by atoms with van der Waals surface area (Å²) in [6.07, 6.45) is -0.896. The van der Waals surface area contributed by atoms with Gasteiger partial charge in [-0.1, -0.05) is 24.3 Å². The third kappa shape index (κ3) is 3.74. The molecule has 2 aromatic carbocycles. The van der Waals surface area contributed by atoms with Crippen LogP contribution in [-0.2, 0) is 4.79 Å². The van der Waals surface area contributed by atoms with Crippen molar-refractivity contribution in [3.8, 4) is 17.2 Å². The van der Waals surface area contributed by atoms with E-state index in [0.717, 1.165) is 0 Å². The average molecular weight is 258 g/mol. The first-order chi connectivity index (χ1) is 9.15. The molecule has 1 atom stereocenters. The van der Waals surface area contributed by atoms with E-state index in [4.69, 9.17) is 14.6 Å². The molecule has 0 heterocycles. The first kappa shape index (κ1) is 13.0. The van der Waals surface area contributed by atoms with Crippen molar-refractivity contribution in [2.24, 2.45) is 0 Å². The van der Waals surface area contributed by atoms with Crippen LogP contribution in [0.15, 0.2) is 54.6 Å². The third-order valence-electron chi connectivity index (χ3n) is 2.45. The second kappa shape index (κ2) is 5.91. The molecule has 0 aliphatic rings. The van der Waals surface area contributed by atoms with Gasteiger partial charge in [-0.25, -0.2) is 4.79 Å². The Bertz CT molecular complexity index is 551. The number of aliphatic carboxylic acids is 1. The molecule has 0 saturated heterocycles. The smallest absolute Gasteiger partial charge is 0.344 e. The molecule has 1 N–H and O–H groups in total. The molecule has 0 amide bonds. The zero-order valence-electron chi connectivity index (χ0n) is 10.4. The minimum atomic E-state index is -1.01. The number of ether oxygens (including phenoxy) is 2. The lowest BCUT2D eigenvalue weighted by molar-refractivity contribution is -0.144. The molecule has 0 unspecified atom stereocenters. The number of carbonyl (C=O) groups is 1. The maximum atomic E-state index is 10.7. The van der Waals surface area contributed by atoms with Crippen molar-refractivity contribution < 1.29 is 19.4 Å². The maximum Gasteiger partial charge on any atom is 0.344 e. The minimum absolute atomic E-state index is 0.461. The van der Waals surface area contributed by atoms with Crippen LogP contribution in [0, 0.1) is 0 Å². The van der Waals surface area contributed by atoms with E-state index in [1.165, 1.54) is 6.92 Å². The number of benzene rings is 2. The van der Waals surface area contributed by atoms with Crippen molar-refractivity contribution in [3.05, 3.63) is 54.6 Å². The Balaban J connectivity index is 2.09. The van der Waals surface area contributed by atoms with Crippen LogP contribution in [0.1, 0.15) is 6.92 Å². The highest BCUT2D eigenvalue weighted by atomic mass is 16.5. The molecule has 0 aromatic heterocycles. The minimum Gasteiger partial charge on any atom is -0.479 e. The Morgan fingerprint density at radius 2 is 1.63 bits per heavy atom. The van der Waals surface area contributed by atoms with Gasteiger partial charge in [0, 0.05) is 6.07 Å². The Hall–Kier alpha value is -2.49. The molecule has 0 aliphatic carbocycles. The first-order valence-electron chi connectivity index (χ1n) is 5.87. The fourth-order valence-electron chi connectivity index (χ4n) is 1.49. The topological polar surface area (TPSA) is 55.8 Å². The lowest BCUT2D eigenvalue weighted by atomic mass is 10.3. The summed E-state index contributed by atoms with van der Waals surface area (Å²) >= 11 is 0. The molecular formula is C15H14O4. The molecule has 0 bridgehead atoms. The predicted molar refractivity (Wildman–Crippen MR) is 70.7 cm³/mol. The van der Waals surface area contributed by atoms with Crippen LogP contribution in [0.4, 0.5) is 0 Å². The second-order valence-corrected chi connectivity index (χ2v) is 3.99. The average Bonchev–Trinajstić information content (AvgIpc) is 2.40. The molecule has 0 aliphatic heterocycles. The summed E-state index contributed by atoms with van der Waals surface area (Å²) in [6, 6.07) is 16.2. The quantitative estimate of drug-likeness (QED) is 0.893. The Morgan fingerprint density at radius 3 is 2.32 bits per heavy atom. The second-order valence-electron chi connectivity index (χ2n) is 3.99. The van der Waals surface area contributed by atoms with Gasteiger partial charge >= 0.3 is 5.97 Å². The van der Waals surface area contributed by atoms with Crippen LogP contribution >= 0.6 is 0 Å². The monoisotopic (exact) mass is 258 g/mol. The van der Waals surface area contributed by atoms with Crippen LogP contribution in [0.2, 0.25) is 0 Å². The molecular weight excluding hydrogens is 244 g/mol. The normalized spacial score (nSPS) is 11.6. The van der Waals surface area contributed by atoms with Gasteiger partial charge in [0.15, 0.2) is 6.10 Å². The summed E-state index contributed by atoms with van der Waals surface area (Å²) in [4.78, 5) is 10.7. The summed E-state index contributed by atoms with van der Waals surface area (Å²) in [5.74, 6) is 0.768. The lowest BCUT2D eigenvalue weighted by Gasteiger charge is -2.11. The Kier molecular flexibility index (Phi) is 4.03. The lowest BCUT2D eigenvalue weighted by Crippen LogP contribution is -2.22. The van der Waals surface area contributed by atoms with Gasteiger partial charge in [-0.15, -0.1) is 0 Å². The number of para-hydroxylation sites is 1. The standard InChI is InChI=1S/C15H14O4/c1-11(15(16)17)18-13-8-5-9-14(10-13)19-12-6-3-2-4-7-12/h2-11H,1H3,(H,16,17)/t11-/m1/s1. The molecule has 2 rings (SSSR count). The van der Waals surface area contributed by atoms with Gasteiger partial charge in [0.05, 0.1) is 0 Å². The van der Waals surface area contributed by atoms with E-state index in [1.54, 1.807) is 24.3 Å². The molecule has 0 saturated carbocycles. The van der Waals surface area contributed by atoms with E-state index in [1.807, 2.05) is 30.3 Å². The van der Waals surface area contributed by atoms with Gasteiger partial charge in [0.1, 0.15) is 17.2 Å². The highest BCUT2D eigenvalue weighted by molar-refractivity contribution is 5.72. The van der Waals surface area contributed by atoms with Crippen LogP contribution in [0.3, 0.4) is 0 Å². The first-order valence-corrected chi connectivity index (χ1v) is 5.87. The number of carboxylic acid groups (broad SMARTS) is 1. The Morgan fingerprint density at radius 1 is 1.00 bits per heavy atom. The van der Waals surface area contributed by atoms with E-state index in [2.05, 4.69) is 0 Å². The molecule has 0 fully saturated rings. The van der Waals surface area contributed by atoms with Crippen molar-refractivity contribution >= 4 is 5.97 Å². The van der Waals surface area contributed by atoms with E-state index in [0.29, 0.717) is 17.2 Å². The summed E-state index contributed by atoms with van der Waals surface area (Å²) in [6.45, 7) is 1.48. The number of hydrogen-bond acceptors (Lipinski definition) is 3. The van der Waals surface area contributed by atoms with Crippen LogP contribution in [0.5, 0.6) is 17.2 Å². The summed E-state index contributed by atoms with van der Waals surface area (Å²) in [5, 5.41) is 8.79. The fourth-order valence-corrected chi connectivity index (χ4v) is 1.49. The van der Waals surface area contributed by atoms with Crippen molar-refractivity contribution in [1.29, 1.82) is 0 Å². The summed E-state index contributed by atoms with van der Waals surface area (Å²) < 4.78 is 10.9. The van der Waals surface area contributed by atoms with Gasteiger partial charge in [0.2, 0.25) is 0 Å². The van der Waals surface area contributed by atoms with Crippen molar-refractivity contribution in [2.45, 2.75) is 13.0 Å². The maximum absolute atomic E-state index is 10.7. The van der Waals surface area contributed by atoms with Crippen LogP contribution in [0.25, 0.3) is 0 Å². The van der Waals surface area contributed by atoms with Crippen molar-refractivity contribution in [1.82, 2.24) is 0 Å². The van der Waals surface area contributed by atoms with Crippen LogP contribution < -0.4 is 9.47 Å². The van der Waals surface area contributed by atoms with E-state index < -0.39 is 12.1 Å². The molecule has 0 radical (unpaired) electrons. The molecule has 98 valence electrons. The van der Waals surface area contributed by atoms with E-state index in [9.17, 15) is 4.79 Å². The van der Waals surface area contributed by atoms with Gasteiger partial charge in [-0.05, 0) is 31.2 Å². The van der Waals surface area contributed by atoms with Gasteiger partial charge < -0.3 is 14.6 Å². The summed E-state index contributed by atoms with van der Waals surface area (Å²) in [7, 11) is 0. The third-order valence-corrected chi connectivity index (χ3v) is 2.45. The Labute approximate surface area is 111 Å². The highest BCUT2D eigenvalue weighted by Gasteiger charge is 2.12. The zero-order chi connectivity index (χ0) is 13.7. The van der Waals surface area contributed by atoms with Gasteiger partial charge in [0.25, 0.3) is 0 Å². The SMILES string of the molecule is C[C@@H](Oc1cccc(Oc2ccccc2)c1)C(=O)O. The van der Waals surface area contributed by atoms with Crippen LogP contribution in [-0.4, -0.2) is 17.2 Å². The largest absolute Gasteiger partial charge is 0.479 e. The molecule has 19 heavy (non-hydrogen) atoms. The number of carboxylic acids is 1. The molecule has 4 nitrogen and oxygen atoms in total. The predicted octanol–water partition coefficient (Wildman–Crippen LogP) is 3.33. The molecule has 2 aromatic rings. The summed E-state index contributed by atoms with van der Waals surface area (Å²) in [5.41, 5.74) is 0. The number of hydrogen-bond donors (Lipinski definition) is 1. The zero-order valence-corrected chi connectivity index (χ0v) is 10.4. The van der Waals surface area contributed by atoms with Gasteiger partial charge in [-0.2, -0.15) is 0 Å².